The number of benzene rings is 2. The van der Waals surface area contributed by atoms with Gasteiger partial charge in [-0.3, -0.25) is 10.2 Å². The van der Waals surface area contributed by atoms with Gasteiger partial charge in [0.2, 0.25) is 0 Å². The van der Waals surface area contributed by atoms with Gasteiger partial charge in [0.05, 0.1) is 24.6 Å². The monoisotopic (exact) mass is 350 g/mol. The van der Waals surface area contributed by atoms with Crippen molar-refractivity contribution in [2.45, 2.75) is 6.42 Å². The maximum Gasteiger partial charge on any atom is 0.316 e. The third-order valence-corrected chi connectivity index (χ3v) is 3.87. The fourth-order valence-electron chi connectivity index (χ4n) is 2.69. The van der Waals surface area contributed by atoms with Crippen LogP contribution in [0.25, 0.3) is 0 Å². The van der Waals surface area contributed by atoms with Gasteiger partial charge in [0, 0.05) is 23.8 Å². The molecule has 7 heteroatoms. The molecule has 0 unspecified atom stereocenters. The quantitative estimate of drug-likeness (QED) is 0.787. The van der Waals surface area contributed by atoms with Crippen molar-refractivity contribution in [1.82, 2.24) is 5.43 Å². The van der Waals surface area contributed by atoms with Crippen LogP contribution in [0.1, 0.15) is 21.5 Å². The highest BCUT2D eigenvalue weighted by Crippen LogP contribution is 2.22. The van der Waals surface area contributed by atoms with Gasteiger partial charge in [-0.2, -0.15) is 5.10 Å². The number of primary amides is 1. The topological polar surface area (TPSA) is 106 Å². The first-order chi connectivity index (χ1) is 12.6. The van der Waals surface area contributed by atoms with Crippen LogP contribution in [0.3, 0.4) is 0 Å². The third-order valence-electron chi connectivity index (χ3n) is 3.87. The van der Waals surface area contributed by atoms with Crippen molar-refractivity contribution in [2.75, 3.05) is 12.4 Å². The van der Waals surface area contributed by atoms with E-state index in [1.807, 2.05) is 24.3 Å². The van der Waals surface area contributed by atoms with Crippen molar-refractivity contribution in [2.24, 2.45) is 10.8 Å². The molecule has 132 valence electrons. The van der Waals surface area contributed by atoms with Crippen molar-refractivity contribution < 1.29 is 14.3 Å². The smallest absolute Gasteiger partial charge is 0.316 e. The molecule has 0 aliphatic carbocycles. The van der Waals surface area contributed by atoms with Crippen LogP contribution in [0.15, 0.2) is 59.3 Å². The number of ether oxygens (including phenoxy) is 1. The number of hydrogen-bond donors (Lipinski definition) is 3. The zero-order chi connectivity index (χ0) is 18.5. The molecule has 4 N–H and O–H groups in total. The van der Waals surface area contributed by atoms with Crippen molar-refractivity contribution in [1.29, 1.82) is 0 Å². The van der Waals surface area contributed by atoms with Crippen LogP contribution in [0.2, 0.25) is 0 Å². The number of nitrogens with two attached hydrogens (primary N) is 1. The molecule has 0 spiro atoms. The predicted octanol–water partition coefficient (Wildman–Crippen LogP) is 2.43. The Bertz CT molecular complexity index is 902. The first-order valence-corrected chi connectivity index (χ1v) is 7.93. The highest BCUT2D eigenvalue weighted by Gasteiger charge is 2.17. The molecule has 0 bridgehead atoms. The summed E-state index contributed by atoms with van der Waals surface area (Å²) in [5, 5.41) is 6.66. The number of rotatable bonds is 4. The molecule has 0 radical (unpaired) electrons. The zero-order valence-electron chi connectivity index (χ0n) is 14.2. The van der Waals surface area contributed by atoms with Gasteiger partial charge in [-0.15, -0.1) is 0 Å². The molecule has 0 atom stereocenters. The van der Waals surface area contributed by atoms with Gasteiger partial charge >= 0.3 is 6.03 Å². The number of amides is 2. The van der Waals surface area contributed by atoms with Crippen LogP contribution in [-0.2, 0) is 6.42 Å². The van der Waals surface area contributed by atoms with Gasteiger partial charge in [0.25, 0.3) is 0 Å². The predicted molar refractivity (Wildman–Crippen MR) is 99.5 cm³/mol. The van der Waals surface area contributed by atoms with Gasteiger partial charge in [0.15, 0.2) is 5.78 Å². The Morgan fingerprint density at radius 1 is 1.23 bits per heavy atom. The second-order valence-corrected chi connectivity index (χ2v) is 5.69. The fourth-order valence-corrected chi connectivity index (χ4v) is 2.69. The van der Waals surface area contributed by atoms with Crippen LogP contribution >= 0.6 is 0 Å². The van der Waals surface area contributed by atoms with Gasteiger partial charge in [-0.05, 0) is 23.8 Å². The van der Waals surface area contributed by atoms with E-state index in [9.17, 15) is 9.59 Å². The Kier molecular flexibility index (Phi) is 4.98. The number of urea groups is 1. The summed E-state index contributed by atoms with van der Waals surface area (Å²) in [5.41, 5.74) is 11.0. The first kappa shape index (κ1) is 17.2. The minimum atomic E-state index is -0.731. The van der Waals surface area contributed by atoms with Crippen molar-refractivity contribution >= 4 is 23.7 Å². The normalized spacial score (nSPS) is 16.2. The Morgan fingerprint density at radius 2 is 2.00 bits per heavy atom. The number of carbonyl (C=O) groups excluding carboxylic acids is 2. The summed E-state index contributed by atoms with van der Waals surface area (Å²) in [7, 11) is 1.61. The summed E-state index contributed by atoms with van der Waals surface area (Å²) in [4.78, 5) is 24.0. The Morgan fingerprint density at radius 3 is 2.69 bits per heavy atom. The van der Waals surface area contributed by atoms with Crippen molar-refractivity contribution in [3.8, 4) is 5.75 Å². The second kappa shape index (κ2) is 7.52. The van der Waals surface area contributed by atoms with Crippen LogP contribution in [-0.4, -0.2) is 25.1 Å². The van der Waals surface area contributed by atoms with Gasteiger partial charge in [-0.1, -0.05) is 24.3 Å². The number of anilines is 1. The molecule has 3 rings (SSSR count). The highest BCUT2D eigenvalue weighted by molar-refractivity contribution is 6.15. The maximum absolute atomic E-state index is 12.8. The van der Waals surface area contributed by atoms with E-state index in [4.69, 9.17) is 10.5 Å². The summed E-state index contributed by atoms with van der Waals surface area (Å²) in [6.07, 6.45) is 3.51. The Hall–Kier alpha value is -3.61. The van der Waals surface area contributed by atoms with E-state index in [0.717, 1.165) is 11.3 Å². The van der Waals surface area contributed by atoms with Crippen LogP contribution in [0.4, 0.5) is 10.5 Å². The largest absolute Gasteiger partial charge is 0.497 e. The molecule has 1 aliphatic heterocycles. The molecular formula is C19H18N4O3. The molecule has 2 amide bonds. The van der Waals surface area contributed by atoms with Gasteiger partial charge < -0.3 is 15.8 Å². The molecule has 1 heterocycles. The number of hydrogen-bond acceptors (Lipinski definition) is 5. The number of fused-ring (bicyclic) bond motifs is 1. The molecule has 7 nitrogen and oxygen atoms in total. The van der Waals surface area contributed by atoms with Crippen molar-refractivity contribution in [3.05, 3.63) is 70.9 Å². The van der Waals surface area contributed by atoms with E-state index >= 15 is 0 Å². The number of carbonyl (C=O) groups is 2. The summed E-state index contributed by atoms with van der Waals surface area (Å²) < 4.78 is 5.14. The Balaban J connectivity index is 1.91. The molecule has 2 aromatic rings. The molecule has 1 aliphatic rings. The lowest BCUT2D eigenvalue weighted by Gasteiger charge is -2.14. The van der Waals surface area contributed by atoms with Crippen LogP contribution in [0.5, 0.6) is 5.75 Å². The van der Waals surface area contributed by atoms with E-state index in [0.29, 0.717) is 28.9 Å². The summed E-state index contributed by atoms with van der Waals surface area (Å²) in [6, 6.07) is 11.9. The molecule has 0 saturated heterocycles. The van der Waals surface area contributed by atoms with E-state index in [2.05, 4.69) is 15.8 Å². The molecule has 0 aromatic heterocycles. The average molecular weight is 350 g/mol. The van der Waals surface area contributed by atoms with Crippen molar-refractivity contribution in [3.63, 3.8) is 0 Å². The van der Waals surface area contributed by atoms with E-state index < -0.39 is 6.03 Å². The zero-order valence-corrected chi connectivity index (χ0v) is 14.2. The lowest BCUT2D eigenvalue weighted by molar-refractivity contribution is 0.104. The first-order valence-electron chi connectivity index (χ1n) is 7.93. The van der Waals surface area contributed by atoms with E-state index in [1.165, 1.54) is 6.08 Å². The molecule has 0 fully saturated rings. The highest BCUT2D eigenvalue weighted by atomic mass is 16.5. The van der Waals surface area contributed by atoms with E-state index in [-0.39, 0.29) is 5.78 Å². The van der Waals surface area contributed by atoms with Gasteiger partial charge in [-0.25, -0.2) is 4.79 Å². The minimum Gasteiger partial charge on any atom is -0.497 e. The number of nitrogens with one attached hydrogen (secondary N) is 2. The number of allylic oxidation sites excluding steroid dienone is 2. The second-order valence-electron chi connectivity index (χ2n) is 5.69. The average Bonchev–Trinajstić information content (AvgIpc) is 2.60. The molecule has 2 aromatic carbocycles. The SMILES string of the molecule is COc1ccc(C/C2=C\C(=O)c3c(cccc3NC(N)=O)/C=N/N2)cc1. The fraction of sp³-hybridized carbons (Fsp3) is 0.105. The summed E-state index contributed by atoms with van der Waals surface area (Å²) in [6.45, 7) is 0. The number of ketones is 1. The molecule has 26 heavy (non-hydrogen) atoms. The van der Waals surface area contributed by atoms with Crippen LogP contribution < -0.4 is 21.2 Å². The standard InChI is InChI=1S/C19H18N4O3/c1-26-15-7-5-12(6-8-15)9-14-10-17(24)18-13(11-21-23-14)3-2-4-16(18)22-19(20)25/h2-8,10-11,23H,9H2,1H3,(H3,20,22,25)/b14-10+,21-11+. The number of hydrazone groups is 1. The lowest BCUT2D eigenvalue weighted by atomic mass is 9.99. The molecular weight excluding hydrogens is 332 g/mol. The third kappa shape index (κ3) is 3.89. The summed E-state index contributed by atoms with van der Waals surface area (Å²) in [5.74, 6) is 0.519. The lowest BCUT2D eigenvalue weighted by Crippen LogP contribution is -2.22. The number of nitrogens with zero attached hydrogens (tertiary/aromatic N) is 1. The molecule has 0 saturated carbocycles. The van der Waals surface area contributed by atoms with Crippen LogP contribution in [0, 0.1) is 0 Å². The summed E-state index contributed by atoms with van der Waals surface area (Å²) >= 11 is 0. The minimum absolute atomic E-state index is 0.244. The van der Waals surface area contributed by atoms with Gasteiger partial charge in [0.1, 0.15) is 5.75 Å². The number of methoxy groups -OCH3 is 1. The van der Waals surface area contributed by atoms with E-state index in [1.54, 1.807) is 31.5 Å². The Labute approximate surface area is 150 Å². The maximum atomic E-state index is 12.8.